The van der Waals surface area contributed by atoms with E-state index in [2.05, 4.69) is 14.9 Å². The van der Waals surface area contributed by atoms with Crippen molar-refractivity contribution in [1.82, 2.24) is 14.9 Å². The lowest BCUT2D eigenvalue weighted by atomic mass is 10.1. The number of carbonyl (C=O) groups is 1. The van der Waals surface area contributed by atoms with Crippen LogP contribution in [0.5, 0.6) is 0 Å². The molecule has 1 saturated heterocycles. The predicted molar refractivity (Wildman–Crippen MR) is 66.3 cm³/mol. The molecular formula is C13H15N3O. The first-order valence-electron chi connectivity index (χ1n) is 6.01. The van der Waals surface area contributed by atoms with Gasteiger partial charge in [-0.05, 0) is 38.1 Å². The summed E-state index contributed by atoms with van der Waals surface area (Å²) < 4.78 is 2.17. The lowest BCUT2D eigenvalue weighted by molar-refractivity contribution is 0.112. The Balaban J connectivity index is 2.11. The maximum atomic E-state index is 11.1. The van der Waals surface area contributed by atoms with E-state index in [1.165, 1.54) is 0 Å². The Kier molecular flexibility index (Phi) is 2.65. The quantitative estimate of drug-likeness (QED) is 0.798. The van der Waals surface area contributed by atoms with E-state index in [-0.39, 0.29) is 0 Å². The summed E-state index contributed by atoms with van der Waals surface area (Å²) in [4.78, 5) is 15.5. The maximum Gasteiger partial charge on any atom is 0.152 e. The number of fused-ring (bicyclic) bond motifs is 1. The molecule has 3 heterocycles. The minimum Gasteiger partial charge on any atom is -0.329 e. The van der Waals surface area contributed by atoms with Crippen LogP contribution in [0.3, 0.4) is 0 Å². The molecule has 4 heteroatoms. The third kappa shape index (κ3) is 1.74. The van der Waals surface area contributed by atoms with Crippen LogP contribution in [0, 0.1) is 0 Å². The van der Waals surface area contributed by atoms with Crippen LogP contribution in [-0.2, 0) is 0 Å². The highest BCUT2D eigenvalue weighted by Gasteiger charge is 2.18. The predicted octanol–water partition coefficient (Wildman–Crippen LogP) is 1.77. The Bertz CT molecular complexity index is 541. The highest BCUT2D eigenvalue weighted by molar-refractivity contribution is 5.96. The van der Waals surface area contributed by atoms with E-state index in [1.807, 2.05) is 18.3 Å². The minimum absolute atomic E-state index is 0.461. The van der Waals surface area contributed by atoms with Crippen LogP contribution in [0.4, 0.5) is 0 Å². The molecule has 0 aromatic carbocycles. The molecule has 2 aromatic rings. The molecule has 0 atom stereocenters. The summed E-state index contributed by atoms with van der Waals surface area (Å²) in [5.74, 6) is 0. The number of rotatable bonds is 2. The van der Waals surface area contributed by atoms with Crippen molar-refractivity contribution in [3.8, 4) is 0 Å². The zero-order valence-corrected chi connectivity index (χ0v) is 9.60. The molecule has 0 amide bonds. The van der Waals surface area contributed by atoms with Crippen molar-refractivity contribution < 1.29 is 4.79 Å². The van der Waals surface area contributed by atoms with Gasteiger partial charge >= 0.3 is 0 Å². The molecule has 88 valence electrons. The van der Waals surface area contributed by atoms with Crippen LogP contribution in [0.15, 0.2) is 24.5 Å². The lowest BCUT2D eigenvalue weighted by Crippen LogP contribution is -2.29. The van der Waals surface area contributed by atoms with Crippen LogP contribution >= 0.6 is 0 Å². The average molecular weight is 229 g/mol. The van der Waals surface area contributed by atoms with Crippen molar-refractivity contribution in [3.63, 3.8) is 0 Å². The van der Waals surface area contributed by atoms with Crippen molar-refractivity contribution in [2.24, 2.45) is 0 Å². The van der Waals surface area contributed by atoms with Gasteiger partial charge in [0.05, 0.1) is 0 Å². The van der Waals surface area contributed by atoms with Gasteiger partial charge in [-0.1, -0.05) is 0 Å². The highest BCUT2D eigenvalue weighted by atomic mass is 16.1. The van der Waals surface area contributed by atoms with Crippen molar-refractivity contribution >= 4 is 17.3 Å². The number of piperidine rings is 1. The number of aromatic nitrogens is 2. The molecule has 1 aliphatic heterocycles. The smallest absolute Gasteiger partial charge is 0.152 e. The highest BCUT2D eigenvalue weighted by Crippen LogP contribution is 2.26. The van der Waals surface area contributed by atoms with E-state index in [4.69, 9.17) is 0 Å². The Morgan fingerprint density at radius 3 is 3.00 bits per heavy atom. The van der Waals surface area contributed by atoms with Crippen LogP contribution < -0.4 is 5.32 Å². The van der Waals surface area contributed by atoms with Gasteiger partial charge in [-0.3, -0.25) is 4.79 Å². The van der Waals surface area contributed by atoms with Gasteiger partial charge in [0.2, 0.25) is 0 Å². The number of nitrogens with one attached hydrogen (secondary N) is 1. The maximum absolute atomic E-state index is 11.1. The molecule has 1 N–H and O–H groups in total. The van der Waals surface area contributed by atoms with E-state index in [0.29, 0.717) is 6.04 Å². The number of aldehydes is 1. The summed E-state index contributed by atoms with van der Waals surface area (Å²) in [6, 6.07) is 4.30. The number of nitrogens with zero attached hydrogens (tertiary/aromatic N) is 2. The Morgan fingerprint density at radius 1 is 1.41 bits per heavy atom. The number of pyridine rings is 1. The first-order chi connectivity index (χ1) is 8.40. The fourth-order valence-electron chi connectivity index (χ4n) is 2.57. The third-order valence-corrected chi connectivity index (χ3v) is 3.45. The SMILES string of the molecule is O=Cc1cn(C2CCNCC2)c2ncccc12. The van der Waals surface area contributed by atoms with E-state index in [1.54, 1.807) is 6.20 Å². The summed E-state index contributed by atoms with van der Waals surface area (Å²) in [6.07, 6.45) is 6.84. The molecule has 0 saturated carbocycles. The molecule has 1 fully saturated rings. The molecule has 4 nitrogen and oxygen atoms in total. The van der Waals surface area contributed by atoms with Gasteiger partial charge in [-0.15, -0.1) is 0 Å². The second-order valence-electron chi connectivity index (χ2n) is 4.47. The standard InChI is InChI=1S/C13H15N3O/c17-9-10-8-16(11-3-6-14-7-4-11)13-12(10)2-1-5-15-13/h1-2,5,8-9,11,14H,3-4,6-7H2. The van der Waals surface area contributed by atoms with Crippen molar-refractivity contribution in [2.75, 3.05) is 13.1 Å². The summed E-state index contributed by atoms with van der Waals surface area (Å²) in [7, 11) is 0. The van der Waals surface area contributed by atoms with Gasteiger partial charge in [0.15, 0.2) is 6.29 Å². The summed E-state index contributed by atoms with van der Waals surface area (Å²) in [5, 5.41) is 4.31. The van der Waals surface area contributed by atoms with Crippen LogP contribution in [-0.4, -0.2) is 28.9 Å². The van der Waals surface area contributed by atoms with Crippen molar-refractivity contribution in [1.29, 1.82) is 0 Å². The molecule has 2 aromatic heterocycles. The lowest BCUT2D eigenvalue weighted by Gasteiger charge is -2.24. The average Bonchev–Trinajstić information content (AvgIpc) is 2.78. The monoisotopic (exact) mass is 229 g/mol. The van der Waals surface area contributed by atoms with Crippen LogP contribution in [0.1, 0.15) is 29.2 Å². The van der Waals surface area contributed by atoms with Gasteiger partial charge in [-0.25, -0.2) is 4.98 Å². The fraction of sp³-hybridized carbons (Fsp3) is 0.385. The largest absolute Gasteiger partial charge is 0.329 e. The molecule has 0 bridgehead atoms. The number of hydrogen-bond acceptors (Lipinski definition) is 3. The fourth-order valence-corrected chi connectivity index (χ4v) is 2.57. The Labute approximate surface area is 99.6 Å². The molecule has 0 spiro atoms. The van der Waals surface area contributed by atoms with Gasteiger partial charge in [0, 0.05) is 29.4 Å². The number of hydrogen-bond donors (Lipinski definition) is 1. The second-order valence-corrected chi connectivity index (χ2v) is 4.47. The van der Waals surface area contributed by atoms with Crippen LogP contribution in [0.2, 0.25) is 0 Å². The topological polar surface area (TPSA) is 46.9 Å². The molecular weight excluding hydrogens is 214 g/mol. The van der Waals surface area contributed by atoms with E-state index in [9.17, 15) is 4.79 Å². The van der Waals surface area contributed by atoms with Crippen molar-refractivity contribution in [2.45, 2.75) is 18.9 Å². The molecule has 0 radical (unpaired) electrons. The minimum atomic E-state index is 0.461. The van der Waals surface area contributed by atoms with E-state index < -0.39 is 0 Å². The van der Waals surface area contributed by atoms with Gasteiger partial charge in [-0.2, -0.15) is 0 Å². The third-order valence-electron chi connectivity index (χ3n) is 3.45. The zero-order valence-electron chi connectivity index (χ0n) is 9.60. The van der Waals surface area contributed by atoms with Gasteiger partial charge in [0.25, 0.3) is 0 Å². The molecule has 1 aliphatic rings. The van der Waals surface area contributed by atoms with Gasteiger partial charge < -0.3 is 9.88 Å². The molecule has 0 unspecified atom stereocenters. The van der Waals surface area contributed by atoms with Crippen LogP contribution in [0.25, 0.3) is 11.0 Å². The second kappa shape index (κ2) is 4.30. The molecule has 3 rings (SSSR count). The Morgan fingerprint density at radius 2 is 2.24 bits per heavy atom. The van der Waals surface area contributed by atoms with Crippen molar-refractivity contribution in [3.05, 3.63) is 30.1 Å². The summed E-state index contributed by atoms with van der Waals surface area (Å²) >= 11 is 0. The summed E-state index contributed by atoms with van der Waals surface area (Å²) in [5.41, 5.74) is 1.67. The van der Waals surface area contributed by atoms with E-state index in [0.717, 1.165) is 48.8 Å². The zero-order chi connectivity index (χ0) is 11.7. The molecule has 0 aliphatic carbocycles. The van der Waals surface area contributed by atoms with E-state index >= 15 is 0 Å². The Hall–Kier alpha value is -1.68. The summed E-state index contributed by atoms with van der Waals surface area (Å²) in [6.45, 7) is 2.07. The van der Waals surface area contributed by atoms with Gasteiger partial charge in [0.1, 0.15) is 5.65 Å². The molecule has 17 heavy (non-hydrogen) atoms. The normalized spacial score (nSPS) is 17.4. The number of carbonyl (C=O) groups excluding carboxylic acids is 1. The first kappa shape index (κ1) is 10.5. The first-order valence-corrected chi connectivity index (χ1v) is 6.01.